The molecule has 4 N–H and O–H groups in total. The summed E-state index contributed by atoms with van der Waals surface area (Å²) in [6, 6.07) is 20.6. The zero-order chi connectivity index (χ0) is 23.2. The summed E-state index contributed by atoms with van der Waals surface area (Å²) >= 11 is 0. The molecule has 1 saturated carbocycles. The number of hydrogen-bond acceptors (Lipinski definition) is 5. The molecule has 0 heterocycles. The molecule has 0 saturated heterocycles. The lowest BCUT2D eigenvalue weighted by Gasteiger charge is -2.26. The molecule has 0 spiro atoms. The Morgan fingerprint density at radius 2 is 1.39 bits per heavy atom. The summed E-state index contributed by atoms with van der Waals surface area (Å²) in [5, 5.41) is 11.9. The van der Waals surface area contributed by atoms with Crippen molar-refractivity contribution in [3.8, 4) is 17.2 Å². The number of nitrogens with one attached hydrogen (secondary N) is 1. The number of carbonyl (C=O) groups is 2. The minimum Gasteiger partial charge on any atom is -0.490 e. The van der Waals surface area contributed by atoms with Crippen LogP contribution < -0.4 is 20.5 Å². The smallest absolute Gasteiger partial charge is 0.337 e. The van der Waals surface area contributed by atoms with E-state index in [1.807, 2.05) is 24.3 Å². The fourth-order valence-electron chi connectivity index (χ4n) is 3.77. The molecule has 3 aromatic carbocycles. The van der Waals surface area contributed by atoms with Gasteiger partial charge in [0.25, 0.3) is 5.91 Å². The summed E-state index contributed by atoms with van der Waals surface area (Å²) in [5.74, 6) is 0.527. The van der Waals surface area contributed by atoms with Crippen molar-refractivity contribution in [2.45, 2.75) is 37.8 Å². The first kappa shape index (κ1) is 22.4. The van der Waals surface area contributed by atoms with Crippen molar-refractivity contribution in [1.29, 1.82) is 0 Å². The first-order chi connectivity index (χ1) is 16.0. The first-order valence-electron chi connectivity index (χ1n) is 10.9. The Bertz CT molecular complexity index is 1100. The van der Waals surface area contributed by atoms with Crippen molar-refractivity contribution in [2.24, 2.45) is 5.73 Å². The van der Waals surface area contributed by atoms with Gasteiger partial charge in [-0.05, 0) is 86.3 Å². The van der Waals surface area contributed by atoms with Crippen LogP contribution in [0.4, 0.5) is 5.69 Å². The number of benzene rings is 3. The molecule has 0 aliphatic heterocycles. The minimum absolute atomic E-state index is 0.0327. The van der Waals surface area contributed by atoms with Crippen LogP contribution in [0.3, 0.4) is 0 Å². The van der Waals surface area contributed by atoms with E-state index in [4.69, 9.17) is 15.2 Å². The maximum atomic E-state index is 12.5. The number of carboxylic acid groups (broad SMARTS) is 1. The predicted molar refractivity (Wildman–Crippen MR) is 125 cm³/mol. The van der Waals surface area contributed by atoms with Gasteiger partial charge in [0.15, 0.2) is 0 Å². The van der Waals surface area contributed by atoms with E-state index in [0.29, 0.717) is 23.1 Å². The monoisotopic (exact) mass is 446 g/mol. The summed E-state index contributed by atoms with van der Waals surface area (Å²) in [7, 11) is 0. The van der Waals surface area contributed by atoms with Gasteiger partial charge < -0.3 is 25.6 Å². The standard InChI is InChI=1S/C26H26N2O5/c27-18-7-11-20(12-8-18)33-22-15-13-21(14-16-22)32-19-9-5-17(6-10-19)25(29)28-24-4-2-1-3-23(24)26(30)31/h1-6,9-10,13-16,18,20H,7-8,11-12,27H2,(H,28,29)(H,30,31). The lowest BCUT2D eigenvalue weighted by Crippen LogP contribution is -2.31. The highest BCUT2D eigenvalue weighted by molar-refractivity contribution is 6.07. The Morgan fingerprint density at radius 3 is 2.03 bits per heavy atom. The summed E-state index contributed by atoms with van der Waals surface area (Å²) < 4.78 is 11.9. The number of ether oxygens (including phenoxy) is 2. The first-order valence-corrected chi connectivity index (χ1v) is 10.9. The van der Waals surface area contributed by atoms with E-state index in [-0.39, 0.29) is 17.4 Å². The Hall–Kier alpha value is -3.84. The van der Waals surface area contributed by atoms with Crippen molar-refractivity contribution < 1.29 is 24.2 Å². The van der Waals surface area contributed by atoms with E-state index < -0.39 is 11.9 Å². The third kappa shape index (κ3) is 5.90. The van der Waals surface area contributed by atoms with Crippen molar-refractivity contribution >= 4 is 17.6 Å². The molecule has 0 radical (unpaired) electrons. The van der Waals surface area contributed by atoms with Gasteiger partial charge in [0.05, 0.1) is 17.4 Å². The minimum atomic E-state index is -1.10. The molecule has 1 amide bonds. The van der Waals surface area contributed by atoms with E-state index in [2.05, 4.69) is 5.32 Å². The maximum Gasteiger partial charge on any atom is 0.337 e. The molecule has 0 atom stereocenters. The van der Waals surface area contributed by atoms with Gasteiger partial charge >= 0.3 is 5.97 Å². The van der Waals surface area contributed by atoms with Crippen LogP contribution in [0.2, 0.25) is 0 Å². The molecule has 33 heavy (non-hydrogen) atoms. The molecule has 7 heteroatoms. The van der Waals surface area contributed by atoms with Crippen LogP contribution in [0.15, 0.2) is 72.8 Å². The van der Waals surface area contributed by atoms with E-state index in [9.17, 15) is 14.7 Å². The van der Waals surface area contributed by atoms with E-state index >= 15 is 0 Å². The molecule has 0 unspecified atom stereocenters. The average Bonchev–Trinajstić information content (AvgIpc) is 2.82. The van der Waals surface area contributed by atoms with Crippen LogP contribution in [0.5, 0.6) is 17.2 Å². The third-order valence-electron chi connectivity index (χ3n) is 5.60. The van der Waals surface area contributed by atoms with Crippen molar-refractivity contribution in [3.63, 3.8) is 0 Å². The number of nitrogens with two attached hydrogens (primary N) is 1. The zero-order valence-corrected chi connectivity index (χ0v) is 18.1. The van der Waals surface area contributed by atoms with E-state index in [1.165, 1.54) is 6.07 Å². The number of para-hydroxylation sites is 1. The van der Waals surface area contributed by atoms with Crippen LogP contribution in [-0.4, -0.2) is 29.1 Å². The summed E-state index contributed by atoms with van der Waals surface area (Å²) in [5.41, 5.74) is 6.61. The van der Waals surface area contributed by atoms with Crippen LogP contribution >= 0.6 is 0 Å². The number of amides is 1. The van der Waals surface area contributed by atoms with E-state index in [0.717, 1.165) is 31.4 Å². The number of rotatable bonds is 7. The summed E-state index contributed by atoms with van der Waals surface area (Å²) in [6.07, 6.45) is 4.14. The molecule has 1 fully saturated rings. The Morgan fingerprint density at radius 1 is 0.818 bits per heavy atom. The molecular weight excluding hydrogens is 420 g/mol. The molecule has 3 aromatic rings. The molecule has 1 aliphatic rings. The average molecular weight is 447 g/mol. The third-order valence-corrected chi connectivity index (χ3v) is 5.60. The number of carbonyl (C=O) groups excluding carboxylic acids is 1. The zero-order valence-electron chi connectivity index (χ0n) is 18.1. The SMILES string of the molecule is NC1CCC(Oc2ccc(Oc3ccc(C(=O)Nc4ccccc4C(=O)O)cc3)cc2)CC1. The number of anilines is 1. The fourth-order valence-corrected chi connectivity index (χ4v) is 3.77. The fraction of sp³-hybridized carbons (Fsp3) is 0.231. The van der Waals surface area contributed by atoms with Crippen LogP contribution in [0, 0.1) is 0 Å². The lowest BCUT2D eigenvalue weighted by molar-refractivity contribution is 0.0698. The van der Waals surface area contributed by atoms with Crippen molar-refractivity contribution in [2.75, 3.05) is 5.32 Å². The molecular formula is C26H26N2O5. The highest BCUT2D eigenvalue weighted by Crippen LogP contribution is 2.27. The Kier molecular flexibility index (Phi) is 6.90. The van der Waals surface area contributed by atoms with E-state index in [1.54, 1.807) is 42.5 Å². The normalized spacial score (nSPS) is 17.7. The van der Waals surface area contributed by atoms with Gasteiger partial charge in [-0.25, -0.2) is 4.79 Å². The van der Waals surface area contributed by atoms with Gasteiger partial charge in [0.1, 0.15) is 17.2 Å². The molecule has 0 bridgehead atoms. The molecule has 0 aromatic heterocycles. The van der Waals surface area contributed by atoms with Crippen LogP contribution in [0.25, 0.3) is 0 Å². The molecule has 170 valence electrons. The van der Waals surface area contributed by atoms with Crippen LogP contribution in [-0.2, 0) is 0 Å². The Balaban J connectivity index is 1.34. The second-order valence-corrected chi connectivity index (χ2v) is 8.06. The molecule has 7 nitrogen and oxygen atoms in total. The highest BCUT2D eigenvalue weighted by Gasteiger charge is 2.19. The number of carboxylic acids is 1. The molecule has 1 aliphatic carbocycles. The quantitative estimate of drug-likeness (QED) is 0.467. The predicted octanol–water partition coefficient (Wildman–Crippen LogP) is 5.08. The lowest BCUT2D eigenvalue weighted by atomic mass is 9.94. The largest absolute Gasteiger partial charge is 0.490 e. The second kappa shape index (κ2) is 10.2. The van der Waals surface area contributed by atoms with Gasteiger partial charge in [0.2, 0.25) is 0 Å². The van der Waals surface area contributed by atoms with Gasteiger partial charge in [0, 0.05) is 11.6 Å². The topological polar surface area (TPSA) is 111 Å². The maximum absolute atomic E-state index is 12.5. The van der Waals surface area contributed by atoms with Gasteiger partial charge in [-0.3, -0.25) is 4.79 Å². The second-order valence-electron chi connectivity index (χ2n) is 8.06. The number of aromatic carboxylic acids is 1. The van der Waals surface area contributed by atoms with Gasteiger partial charge in [-0.1, -0.05) is 12.1 Å². The summed E-state index contributed by atoms with van der Waals surface area (Å²) in [6.45, 7) is 0. The number of hydrogen-bond donors (Lipinski definition) is 3. The van der Waals surface area contributed by atoms with Gasteiger partial charge in [-0.15, -0.1) is 0 Å². The highest BCUT2D eigenvalue weighted by atomic mass is 16.5. The van der Waals surface area contributed by atoms with Crippen molar-refractivity contribution in [1.82, 2.24) is 0 Å². The molecule has 4 rings (SSSR count). The van der Waals surface area contributed by atoms with Crippen molar-refractivity contribution in [3.05, 3.63) is 83.9 Å². The summed E-state index contributed by atoms with van der Waals surface area (Å²) in [4.78, 5) is 23.8. The van der Waals surface area contributed by atoms with Gasteiger partial charge in [-0.2, -0.15) is 0 Å². The Labute approximate surface area is 192 Å². The van der Waals surface area contributed by atoms with Crippen LogP contribution in [0.1, 0.15) is 46.4 Å².